The van der Waals surface area contributed by atoms with Crippen LogP contribution < -0.4 is 14.8 Å². The van der Waals surface area contributed by atoms with Crippen LogP contribution >= 0.6 is 0 Å². The van der Waals surface area contributed by atoms with Crippen LogP contribution in [0.25, 0.3) is 0 Å². The number of ether oxygens (including phenoxy) is 3. The number of phenols is 1. The Morgan fingerprint density at radius 3 is 2.45 bits per heavy atom. The van der Waals surface area contributed by atoms with Crippen molar-refractivity contribution in [3.63, 3.8) is 0 Å². The molecular weight excluding hydrogens is 398 g/mol. The van der Waals surface area contributed by atoms with Crippen LogP contribution in [-0.4, -0.2) is 29.8 Å². The van der Waals surface area contributed by atoms with Crippen LogP contribution in [0.2, 0.25) is 0 Å². The van der Waals surface area contributed by atoms with Crippen molar-refractivity contribution in [3.05, 3.63) is 89.5 Å². The summed E-state index contributed by atoms with van der Waals surface area (Å²) < 4.78 is 15.9. The third-order valence-corrected chi connectivity index (χ3v) is 4.85. The standard InChI is InChI=1S/C24H21NO6/c26-19-9-6-16(7-10-19)12-20(25-24(28)29-14-17-4-2-1-3-5-17)23(27)18-8-11-21-22(13-18)31-15-30-21/h1-11,13,20,26H,12,14-15H2,(H,25,28)/t20-/m0/s1. The van der Waals surface area contributed by atoms with Crippen LogP contribution in [0, 0.1) is 0 Å². The van der Waals surface area contributed by atoms with E-state index in [0.717, 1.165) is 11.1 Å². The number of carbonyl (C=O) groups excluding carboxylic acids is 2. The summed E-state index contributed by atoms with van der Waals surface area (Å²) in [5.41, 5.74) is 2.01. The molecule has 7 nitrogen and oxygen atoms in total. The first kappa shape index (κ1) is 20.3. The number of phenolic OH excluding ortho intramolecular Hbond substituents is 1. The molecule has 0 aromatic heterocycles. The fourth-order valence-corrected chi connectivity index (χ4v) is 3.24. The molecule has 1 aliphatic rings. The van der Waals surface area contributed by atoms with E-state index in [-0.39, 0.29) is 31.4 Å². The maximum absolute atomic E-state index is 13.2. The van der Waals surface area contributed by atoms with E-state index in [1.165, 1.54) is 12.1 Å². The largest absolute Gasteiger partial charge is 0.508 e. The first-order valence-corrected chi connectivity index (χ1v) is 9.77. The normalized spacial score (nSPS) is 12.8. The molecule has 1 atom stereocenters. The predicted octanol–water partition coefficient (Wildman–Crippen LogP) is 3.84. The van der Waals surface area contributed by atoms with Gasteiger partial charge in [-0.1, -0.05) is 42.5 Å². The number of nitrogens with one attached hydrogen (secondary N) is 1. The van der Waals surface area contributed by atoms with Crippen LogP contribution in [0.4, 0.5) is 4.79 Å². The molecule has 31 heavy (non-hydrogen) atoms. The highest BCUT2D eigenvalue weighted by molar-refractivity contribution is 6.02. The Balaban J connectivity index is 1.49. The number of rotatable bonds is 7. The lowest BCUT2D eigenvalue weighted by atomic mass is 9.97. The molecule has 2 N–H and O–H groups in total. The zero-order chi connectivity index (χ0) is 21.6. The van der Waals surface area contributed by atoms with Gasteiger partial charge >= 0.3 is 6.09 Å². The number of Topliss-reactive ketones (excluding diaryl/α,β-unsaturated/α-hetero) is 1. The highest BCUT2D eigenvalue weighted by atomic mass is 16.7. The van der Waals surface area contributed by atoms with Crippen LogP contribution in [0.1, 0.15) is 21.5 Å². The minimum Gasteiger partial charge on any atom is -0.508 e. The highest BCUT2D eigenvalue weighted by Gasteiger charge is 2.25. The minimum atomic E-state index is -0.867. The summed E-state index contributed by atoms with van der Waals surface area (Å²) in [6.07, 6.45) is -0.463. The molecular formula is C24H21NO6. The van der Waals surface area contributed by atoms with Gasteiger partial charge in [-0.05, 0) is 41.5 Å². The summed E-state index contributed by atoms with van der Waals surface area (Å²) in [5, 5.41) is 12.2. The average molecular weight is 419 g/mol. The Labute approximate surface area is 179 Å². The van der Waals surface area contributed by atoms with E-state index in [0.29, 0.717) is 17.1 Å². The van der Waals surface area contributed by atoms with Crippen LogP contribution in [0.3, 0.4) is 0 Å². The number of hydrogen-bond acceptors (Lipinski definition) is 6. The number of fused-ring (bicyclic) bond motifs is 1. The Kier molecular flexibility index (Phi) is 6.03. The molecule has 0 fully saturated rings. The van der Waals surface area contributed by atoms with Crippen LogP contribution in [-0.2, 0) is 17.8 Å². The van der Waals surface area contributed by atoms with Crippen molar-refractivity contribution in [2.45, 2.75) is 19.1 Å². The van der Waals surface area contributed by atoms with Gasteiger partial charge in [-0.25, -0.2) is 4.79 Å². The minimum absolute atomic E-state index is 0.0941. The number of aromatic hydroxyl groups is 1. The number of amides is 1. The maximum atomic E-state index is 13.2. The molecule has 0 saturated heterocycles. The Morgan fingerprint density at radius 2 is 1.68 bits per heavy atom. The van der Waals surface area contributed by atoms with Gasteiger partial charge in [-0.2, -0.15) is 0 Å². The molecule has 0 radical (unpaired) electrons. The van der Waals surface area contributed by atoms with Gasteiger partial charge in [0.1, 0.15) is 12.4 Å². The van der Waals surface area contributed by atoms with E-state index in [4.69, 9.17) is 14.2 Å². The zero-order valence-electron chi connectivity index (χ0n) is 16.6. The van der Waals surface area contributed by atoms with Crippen molar-refractivity contribution < 1.29 is 28.9 Å². The van der Waals surface area contributed by atoms with E-state index in [1.807, 2.05) is 30.3 Å². The summed E-state index contributed by atoms with van der Waals surface area (Å²) in [6, 6.07) is 19.8. The molecule has 7 heteroatoms. The molecule has 3 aromatic carbocycles. The molecule has 0 spiro atoms. The van der Waals surface area contributed by atoms with Gasteiger partial charge in [-0.3, -0.25) is 4.79 Å². The molecule has 0 aliphatic carbocycles. The Morgan fingerprint density at radius 1 is 0.935 bits per heavy atom. The van der Waals surface area contributed by atoms with Gasteiger partial charge in [0, 0.05) is 12.0 Å². The fourth-order valence-electron chi connectivity index (χ4n) is 3.24. The Bertz CT molecular complexity index is 1070. The SMILES string of the molecule is O=C(N[C@@H](Cc1ccc(O)cc1)C(=O)c1ccc2c(c1)OCO2)OCc1ccccc1. The van der Waals surface area contributed by atoms with E-state index in [2.05, 4.69) is 5.32 Å². The second kappa shape index (κ2) is 9.21. The second-order valence-electron chi connectivity index (χ2n) is 7.06. The van der Waals surface area contributed by atoms with E-state index >= 15 is 0 Å². The molecule has 0 saturated carbocycles. The first-order valence-electron chi connectivity index (χ1n) is 9.77. The third-order valence-electron chi connectivity index (χ3n) is 4.85. The zero-order valence-corrected chi connectivity index (χ0v) is 16.6. The quantitative estimate of drug-likeness (QED) is 0.565. The number of carbonyl (C=O) groups is 2. The Hall–Kier alpha value is -4.00. The van der Waals surface area contributed by atoms with Crippen LogP contribution in [0.15, 0.2) is 72.8 Å². The molecule has 4 rings (SSSR count). The smallest absolute Gasteiger partial charge is 0.408 e. The third kappa shape index (κ3) is 5.14. The number of ketones is 1. The van der Waals surface area contributed by atoms with E-state index in [1.54, 1.807) is 30.3 Å². The fraction of sp³-hybridized carbons (Fsp3) is 0.167. The lowest BCUT2D eigenvalue weighted by Crippen LogP contribution is -2.42. The number of benzene rings is 3. The van der Waals surface area contributed by atoms with Crippen molar-refractivity contribution in [3.8, 4) is 17.2 Å². The monoisotopic (exact) mass is 419 g/mol. The maximum Gasteiger partial charge on any atom is 0.408 e. The number of hydrogen-bond donors (Lipinski definition) is 2. The molecule has 1 heterocycles. The van der Waals surface area contributed by atoms with Crippen LogP contribution in [0.5, 0.6) is 17.2 Å². The summed E-state index contributed by atoms with van der Waals surface area (Å²) in [4.78, 5) is 25.6. The van der Waals surface area contributed by atoms with Crippen molar-refractivity contribution in [2.24, 2.45) is 0 Å². The summed E-state index contributed by atoms with van der Waals surface area (Å²) in [6.45, 7) is 0.199. The summed E-state index contributed by atoms with van der Waals surface area (Å²) in [5.74, 6) is 0.892. The molecule has 1 amide bonds. The van der Waals surface area contributed by atoms with Gasteiger partial charge in [0.2, 0.25) is 6.79 Å². The van der Waals surface area contributed by atoms with Gasteiger partial charge in [0.25, 0.3) is 0 Å². The molecule has 158 valence electrons. The van der Waals surface area contributed by atoms with Crippen molar-refractivity contribution in [2.75, 3.05) is 6.79 Å². The van der Waals surface area contributed by atoms with Gasteiger partial charge in [0.05, 0.1) is 6.04 Å². The molecule has 0 unspecified atom stereocenters. The van der Waals surface area contributed by atoms with Gasteiger partial charge in [0.15, 0.2) is 17.3 Å². The van der Waals surface area contributed by atoms with Gasteiger partial charge in [-0.15, -0.1) is 0 Å². The predicted molar refractivity (Wildman–Crippen MR) is 112 cm³/mol. The lowest BCUT2D eigenvalue weighted by Gasteiger charge is -2.18. The molecule has 0 bridgehead atoms. The van der Waals surface area contributed by atoms with E-state index in [9.17, 15) is 14.7 Å². The molecule has 1 aliphatic heterocycles. The van der Waals surface area contributed by atoms with Crippen molar-refractivity contribution in [1.29, 1.82) is 0 Å². The van der Waals surface area contributed by atoms with Gasteiger partial charge < -0.3 is 24.6 Å². The van der Waals surface area contributed by atoms with E-state index < -0.39 is 12.1 Å². The lowest BCUT2D eigenvalue weighted by molar-refractivity contribution is 0.0916. The van der Waals surface area contributed by atoms with Crippen molar-refractivity contribution >= 4 is 11.9 Å². The molecule has 3 aromatic rings. The summed E-state index contributed by atoms with van der Waals surface area (Å²) in [7, 11) is 0. The average Bonchev–Trinajstić information content (AvgIpc) is 3.27. The van der Waals surface area contributed by atoms with Crippen molar-refractivity contribution in [1.82, 2.24) is 5.32 Å². The first-order chi connectivity index (χ1) is 15.1. The highest BCUT2D eigenvalue weighted by Crippen LogP contribution is 2.33. The topological polar surface area (TPSA) is 94.1 Å². The summed E-state index contributed by atoms with van der Waals surface area (Å²) >= 11 is 0. The second-order valence-corrected chi connectivity index (χ2v) is 7.06. The number of alkyl carbamates (subject to hydrolysis) is 1.